The third-order valence-corrected chi connectivity index (χ3v) is 4.64. The van der Waals surface area contributed by atoms with Crippen LogP contribution in [0.4, 0.5) is 5.69 Å². The summed E-state index contributed by atoms with van der Waals surface area (Å²) in [5.74, 6) is 0.167. The first kappa shape index (κ1) is 20.3. The molecule has 3 rings (SSSR count). The number of hydrogen-bond acceptors (Lipinski definition) is 3. The second kappa shape index (κ2) is 9.64. The van der Waals surface area contributed by atoms with Gasteiger partial charge < -0.3 is 10.6 Å². The lowest BCUT2D eigenvalue weighted by Crippen LogP contribution is -2.35. The van der Waals surface area contributed by atoms with E-state index in [4.69, 9.17) is 0 Å². The zero-order valence-corrected chi connectivity index (χ0v) is 16.7. The molecule has 29 heavy (non-hydrogen) atoms. The molecule has 7 heteroatoms. The third kappa shape index (κ3) is 5.51. The minimum absolute atomic E-state index is 0.193. The Kier molecular flexibility index (Phi) is 6.73. The van der Waals surface area contributed by atoms with Gasteiger partial charge in [0.25, 0.3) is 17.6 Å². The maximum atomic E-state index is 12.5. The first-order chi connectivity index (χ1) is 14.1. The van der Waals surface area contributed by atoms with E-state index in [1.54, 1.807) is 24.4 Å². The lowest BCUT2D eigenvalue weighted by Gasteiger charge is -2.07. The van der Waals surface area contributed by atoms with Crippen LogP contribution in [0.15, 0.2) is 54.9 Å². The van der Waals surface area contributed by atoms with Gasteiger partial charge in [0.05, 0.1) is 7.05 Å². The fourth-order valence-corrected chi connectivity index (χ4v) is 2.89. The van der Waals surface area contributed by atoms with E-state index in [1.165, 1.54) is 5.56 Å². The van der Waals surface area contributed by atoms with Gasteiger partial charge in [-0.3, -0.25) is 9.59 Å². The molecule has 0 radical (unpaired) electrons. The zero-order valence-electron chi connectivity index (χ0n) is 16.7. The fraction of sp³-hybridized carbons (Fsp3) is 0.273. The SMILES string of the molecule is CCCCc1ccc(NC(=O)c2cccc(C(=O)NCc3[nH]cc[n+]3C)n2)cc1. The molecule has 0 aliphatic carbocycles. The van der Waals surface area contributed by atoms with Gasteiger partial charge in [0, 0.05) is 5.69 Å². The molecule has 0 aliphatic rings. The summed E-state index contributed by atoms with van der Waals surface area (Å²) in [7, 11) is 1.89. The topological polar surface area (TPSA) is 90.8 Å². The van der Waals surface area contributed by atoms with Crippen LogP contribution in [-0.2, 0) is 20.0 Å². The van der Waals surface area contributed by atoms with Gasteiger partial charge in [0.2, 0.25) is 0 Å². The van der Waals surface area contributed by atoms with E-state index in [0.717, 1.165) is 25.1 Å². The van der Waals surface area contributed by atoms with Crippen LogP contribution in [0.1, 0.15) is 52.1 Å². The van der Waals surface area contributed by atoms with E-state index >= 15 is 0 Å². The van der Waals surface area contributed by atoms with Gasteiger partial charge in [0.1, 0.15) is 30.3 Å². The Morgan fingerprint density at radius 1 is 1.07 bits per heavy atom. The number of aromatic nitrogens is 3. The van der Waals surface area contributed by atoms with Gasteiger partial charge in [-0.2, -0.15) is 0 Å². The number of carbonyl (C=O) groups excluding carboxylic acids is 2. The van der Waals surface area contributed by atoms with Crippen molar-refractivity contribution in [3.05, 3.63) is 77.6 Å². The normalized spacial score (nSPS) is 10.6. The molecule has 0 unspecified atom stereocenters. The molecule has 1 aromatic carbocycles. The Balaban J connectivity index is 1.61. The molecule has 7 nitrogen and oxygen atoms in total. The number of amides is 2. The largest absolute Gasteiger partial charge is 0.339 e. The van der Waals surface area contributed by atoms with Crippen molar-refractivity contribution in [2.24, 2.45) is 7.05 Å². The summed E-state index contributed by atoms with van der Waals surface area (Å²) in [4.78, 5) is 32.2. The van der Waals surface area contributed by atoms with Crippen molar-refractivity contribution in [3.63, 3.8) is 0 Å². The summed E-state index contributed by atoms with van der Waals surface area (Å²) in [6, 6.07) is 12.6. The highest BCUT2D eigenvalue weighted by Gasteiger charge is 2.14. The molecule has 3 N–H and O–H groups in total. The van der Waals surface area contributed by atoms with Crippen molar-refractivity contribution in [1.82, 2.24) is 15.3 Å². The van der Waals surface area contributed by atoms with Crippen LogP contribution in [0.2, 0.25) is 0 Å². The van der Waals surface area contributed by atoms with Crippen LogP contribution in [0.25, 0.3) is 0 Å². The second-order valence-electron chi connectivity index (χ2n) is 6.86. The standard InChI is InChI=1S/C22H25N5O2/c1-3-4-6-16-9-11-17(12-10-16)25-22(29)19-8-5-7-18(26-19)21(28)24-15-20-23-13-14-27(20)2/h5,7-14H,3-4,6,15H2,1-2H3,(H2,24,25,28,29)/p+1. The summed E-state index contributed by atoms with van der Waals surface area (Å²) in [6.45, 7) is 2.50. The molecular weight excluding hydrogens is 366 g/mol. The van der Waals surface area contributed by atoms with E-state index in [1.807, 2.05) is 42.1 Å². The average molecular weight is 392 g/mol. The van der Waals surface area contributed by atoms with Gasteiger partial charge in [-0.25, -0.2) is 14.5 Å². The van der Waals surface area contributed by atoms with Crippen molar-refractivity contribution in [1.29, 1.82) is 0 Å². The number of nitrogens with zero attached hydrogens (tertiary/aromatic N) is 2. The maximum Gasteiger partial charge on any atom is 0.274 e. The molecule has 150 valence electrons. The minimum atomic E-state index is -0.350. The molecule has 0 saturated heterocycles. The fourth-order valence-electron chi connectivity index (χ4n) is 2.89. The van der Waals surface area contributed by atoms with Crippen molar-refractivity contribution < 1.29 is 14.2 Å². The molecule has 3 aromatic rings. The highest BCUT2D eigenvalue weighted by atomic mass is 16.2. The molecule has 2 amide bonds. The van der Waals surface area contributed by atoms with Crippen LogP contribution in [-0.4, -0.2) is 21.8 Å². The van der Waals surface area contributed by atoms with E-state index in [2.05, 4.69) is 27.5 Å². The Morgan fingerprint density at radius 3 is 2.45 bits per heavy atom. The van der Waals surface area contributed by atoms with Crippen LogP contribution >= 0.6 is 0 Å². The van der Waals surface area contributed by atoms with Crippen LogP contribution in [0.3, 0.4) is 0 Å². The van der Waals surface area contributed by atoms with Crippen LogP contribution in [0, 0.1) is 0 Å². The van der Waals surface area contributed by atoms with E-state index < -0.39 is 0 Å². The van der Waals surface area contributed by atoms with E-state index in [-0.39, 0.29) is 23.2 Å². The number of aryl methyl sites for hydroxylation is 2. The number of carbonyl (C=O) groups is 2. The highest BCUT2D eigenvalue weighted by molar-refractivity contribution is 6.03. The van der Waals surface area contributed by atoms with Crippen molar-refractivity contribution in [2.75, 3.05) is 5.32 Å². The molecule has 0 aliphatic heterocycles. The quantitative estimate of drug-likeness (QED) is 0.515. The van der Waals surface area contributed by atoms with E-state index in [9.17, 15) is 9.59 Å². The molecule has 0 spiro atoms. The van der Waals surface area contributed by atoms with Crippen molar-refractivity contribution >= 4 is 17.5 Å². The highest BCUT2D eigenvalue weighted by Crippen LogP contribution is 2.13. The van der Waals surface area contributed by atoms with Gasteiger partial charge in [-0.15, -0.1) is 0 Å². The number of unbranched alkanes of at least 4 members (excludes halogenated alkanes) is 1. The van der Waals surface area contributed by atoms with Crippen molar-refractivity contribution in [2.45, 2.75) is 32.7 Å². The monoisotopic (exact) mass is 392 g/mol. The van der Waals surface area contributed by atoms with Gasteiger partial charge in [0.15, 0.2) is 0 Å². The average Bonchev–Trinajstić information content (AvgIpc) is 3.16. The Hall–Kier alpha value is -3.48. The van der Waals surface area contributed by atoms with Crippen LogP contribution < -0.4 is 15.2 Å². The number of aromatic amines is 1. The number of nitrogens with one attached hydrogen (secondary N) is 3. The molecule has 2 heterocycles. The zero-order chi connectivity index (χ0) is 20.6. The molecule has 0 fully saturated rings. The van der Waals surface area contributed by atoms with Gasteiger partial charge in [-0.1, -0.05) is 31.5 Å². The third-order valence-electron chi connectivity index (χ3n) is 4.64. The molecule has 0 bridgehead atoms. The molecule has 0 saturated carbocycles. The number of hydrogen-bond donors (Lipinski definition) is 3. The molecule has 0 atom stereocenters. The molecular formula is C22H26N5O2+. The summed E-state index contributed by atoms with van der Waals surface area (Å²) >= 11 is 0. The summed E-state index contributed by atoms with van der Waals surface area (Å²) < 4.78 is 1.88. The number of imidazole rings is 1. The Labute approximate surface area is 170 Å². The van der Waals surface area contributed by atoms with Crippen LogP contribution in [0.5, 0.6) is 0 Å². The first-order valence-corrected chi connectivity index (χ1v) is 9.74. The predicted molar refractivity (Wildman–Crippen MR) is 110 cm³/mol. The van der Waals surface area contributed by atoms with Gasteiger partial charge in [-0.05, 0) is 42.7 Å². The summed E-state index contributed by atoms with van der Waals surface area (Å²) in [5, 5.41) is 5.62. The second-order valence-corrected chi connectivity index (χ2v) is 6.86. The predicted octanol–water partition coefficient (Wildman–Crippen LogP) is 2.76. The summed E-state index contributed by atoms with van der Waals surface area (Å²) in [5.41, 5.74) is 2.34. The number of pyridine rings is 1. The summed E-state index contributed by atoms with van der Waals surface area (Å²) in [6.07, 6.45) is 6.98. The lowest BCUT2D eigenvalue weighted by atomic mass is 10.1. The van der Waals surface area contributed by atoms with Crippen molar-refractivity contribution in [3.8, 4) is 0 Å². The lowest BCUT2D eigenvalue weighted by molar-refractivity contribution is -0.678. The smallest absolute Gasteiger partial charge is 0.274 e. The Morgan fingerprint density at radius 2 is 1.79 bits per heavy atom. The van der Waals surface area contributed by atoms with Gasteiger partial charge >= 0.3 is 0 Å². The number of H-pyrrole nitrogens is 1. The Bertz CT molecular complexity index is 979. The number of anilines is 1. The minimum Gasteiger partial charge on any atom is -0.339 e. The number of benzene rings is 1. The van der Waals surface area contributed by atoms with E-state index in [0.29, 0.717) is 12.2 Å². The maximum absolute atomic E-state index is 12.5. The molecule has 2 aromatic heterocycles. The first-order valence-electron chi connectivity index (χ1n) is 9.74. The number of rotatable bonds is 8.